The summed E-state index contributed by atoms with van der Waals surface area (Å²) in [6.07, 6.45) is -0.240. The van der Waals surface area contributed by atoms with E-state index < -0.39 is 24.0 Å². The number of ether oxygens (including phenoxy) is 3. The van der Waals surface area contributed by atoms with E-state index >= 15 is 0 Å². The zero-order chi connectivity index (χ0) is 12.6. The molecule has 0 aromatic rings. The monoisotopic (exact) mass is 232 g/mol. The van der Waals surface area contributed by atoms with Crippen LogP contribution in [0, 0.1) is 0 Å². The Morgan fingerprint density at radius 2 is 1.75 bits per heavy atom. The van der Waals surface area contributed by atoms with Crippen molar-refractivity contribution in [3.05, 3.63) is 0 Å². The van der Waals surface area contributed by atoms with Crippen LogP contribution in [-0.2, 0) is 28.6 Å². The largest absolute Gasteiger partial charge is 0.469 e. The molecule has 6 nitrogen and oxygen atoms in total. The van der Waals surface area contributed by atoms with E-state index in [0.29, 0.717) is 0 Å². The molecular formula is C10H16O6. The van der Waals surface area contributed by atoms with Crippen LogP contribution in [0.4, 0.5) is 0 Å². The molecule has 1 unspecified atom stereocenters. The molecule has 0 amide bonds. The Balaban J connectivity index is 4.04. The van der Waals surface area contributed by atoms with E-state index in [1.165, 1.54) is 21.0 Å². The van der Waals surface area contributed by atoms with Crippen molar-refractivity contribution < 1.29 is 28.6 Å². The fourth-order valence-corrected chi connectivity index (χ4v) is 1.00. The van der Waals surface area contributed by atoms with Crippen LogP contribution in [0.2, 0.25) is 0 Å². The Morgan fingerprint density at radius 3 is 2.19 bits per heavy atom. The van der Waals surface area contributed by atoms with Crippen molar-refractivity contribution in [3.63, 3.8) is 0 Å². The van der Waals surface area contributed by atoms with Gasteiger partial charge in [0.15, 0.2) is 0 Å². The summed E-state index contributed by atoms with van der Waals surface area (Å²) in [7, 11) is 1.27. The Labute approximate surface area is 93.8 Å². The average Bonchev–Trinajstić information content (AvgIpc) is 2.20. The average molecular weight is 232 g/mol. The third-order valence-corrected chi connectivity index (χ3v) is 1.70. The van der Waals surface area contributed by atoms with Crippen LogP contribution in [0.25, 0.3) is 0 Å². The lowest BCUT2D eigenvalue weighted by Gasteiger charge is -2.15. The highest BCUT2D eigenvalue weighted by Crippen LogP contribution is 2.05. The van der Waals surface area contributed by atoms with Gasteiger partial charge in [0.25, 0.3) is 0 Å². The lowest BCUT2D eigenvalue weighted by atomic mass is 10.2. The maximum Gasteiger partial charge on any atom is 0.305 e. The zero-order valence-electron chi connectivity index (χ0n) is 9.65. The summed E-state index contributed by atoms with van der Waals surface area (Å²) in [6, 6.07) is 0. The van der Waals surface area contributed by atoms with Crippen molar-refractivity contribution >= 4 is 17.9 Å². The molecule has 0 fully saturated rings. The molecule has 0 saturated heterocycles. The van der Waals surface area contributed by atoms with Crippen LogP contribution in [0.15, 0.2) is 0 Å². The van der Waals surface area contributed by atoms with Crippen molar-refractivity contribution in [1.82, 2.24) is 0 Å². The molecule has 16 heavy (non-hydrogen) atoms. The second-order valence-electron chi connectivity index (χ2n) is 3.15. The highest BCUT2D eigenvalue weighted by atomic mass is 16.6. The van der Waals surface area contributed by atoms with Gasteiger partial charge in [0, 0.05) is 20.3 Å². The first kappa shape index (κ1) is 14.4. The summed E-state index contributed by atoms with van der Waals surface area (Å²) < 4.78 is 14.0. The molecule has 0 aromatic carbocycles. The second-order valence-corrected chi connectivity index (χ2v) is 3.15. The van der Waals surface area contributed by atoms with Gasteiger partial charge in [0.2, 0.25) is 0 Å². The summed E-state index contributed by atoms with van der Waals surface area (Å²) >= 11 is 0. The molecule has 0 saturated carbocycles. The molecule has 92 valence electrons. The topological polar surface area (TPSA) is 78.9 Å². The van der Waals surface area contributed by atoms with Crippen molar-refractivity contribution in [2.24, 2.45) is 0 Å². The van der Waals surface area contributed by atoms with Gasteiger partial charge in [-0.05, 0) is 6.42 Å². The molecule has 0 radical (unpaired) electrons. The van der Waals surface area contributed by atoms with E-state index in [1.807, 2.05) is 0 Å². The van der Waals surface area contributed by atoms with Gasteiger partial charge in [-0.25, -0.2) is 0 Å². The summed E-state index contributed by atoms with van der Waals surface area (Å²) in [5.41, 5.74) is 0. The summed E-state index contributed by atoms with van der Waals surface area (Å²) in [5.74, 6) is -1.35. The number of carbonyl (C=O) groups is 3. The highest BCUT2D eigenvalue weighted by Gasteiger charge is 2.15. The van der Waals surface area contributed by atoms with E-state index in [9.17, 15) is 14.4 Å². The van der Waals surface area contributed by atoms with Crippen LogP contribution in [0.1, 0.15) is 26.7 Å². The highest BCUT2D eigenvalue weighted by molar-refractivity contribution is 5.69. The van der Waals surface area contributed by atoms with Crippen molar-refractivity contribution in [3.8, 4) is 0 Å². The van der Waals surface area contributed by atoms with Crippen LogP contribution >= 0.6 is 0 Å². The van der Waals surface area contributed by atoms with Gasteiger partial charge in [-0.15, -0.1) is 0 Å². The Morgan fingerprint density at radius 1 is 1.12 bits per heavy atom. The molecule has 0 aliphatic heterocycles. The first-order valence-electron chi connectivity index (χ1n) is 4.83. The van der Waals surface area contributed by atoms with Crippen molar-refractivity contribution in [2.75, 3.05) is 13.7 Å². The van der Waals surface area contributed by atoms with Gasteiger partial charge in [-0.1, -0.05) is 0 Å². The van der Waals surface area contributed by atoms with Crippen molar-refractivity contribution in [1.29, 1.82) is 0 Å². The standard InChI is InChI=1S/C10H16O6/c1-7(11)15-6-9(16-8(2)12)4-5-10(13)14-3/h9H,4-6H2,1-3H3. The first-order chi connectivity index (χ1) is 7.45. The Kier molecular flexibility index (Phi) is 6.91. The molecule has 0 bridgehead atoms. The predicted octanol–water partition coefficient (Wildman–Crippen LogP) is 0.434. The van der Waals surface area contributed by atoms with Gasteiger partial charge in [-0.2, -0.15) is 0 Å². The SMILES string of the molecule is COC(=O)CCC(COC(C)=O)OC(C)=O. The van der Waals surface area contributed by atoms with Gasteiger partial charge < -0.3 is 14.2 Å². The minimum Gasteiger partial charge on any atom is -0.469 e. The van der Waals surface area contributed by atoms with Crippen LogP contribution < -0.4 is 0 Å². The number of rotatable bonds is 6. The molecule has 1 atom stereocenters. The van der Waals surface area contributed by atoms with Crippen LogP contribution in [-0.4, -0.2) is 37.7 Å². The van der Waals surface area contributed by atoms with Gasteiger partial charge in [0.1, 0.15) is 12.7 Å². The van der Waals surface area contributed by atoms with E-state index in [0.717, 1.165) is 0 Å². The molecule has 0 aliphatic carbocycles. The third-order valence-electron chi connectivity index (χ3n) is 1.70. The van der Waals surface area contributed by atoms with Crippen LogP contribution in [0.3, 0.4) is 0 Å². The smallest absolute Gasteiger partial charge is 0.305 e. The molecule has 0 rings (SSSR count). The van der Waals surface area contributed by atoms with E-state index in [1.54, 1.807) is 0 Å². The first-order valence-corrected chi connectivity index (χ1v) is 4.83. The van der Waals surface area contributed by atoms with Crippen LogP contribution in [0.5, 0.6) is 0 Å². The number of hydrogen-bond acceptors (Lipinski definition) is 6. The Bertz CT molecular complexity index is 260. The molecular weight excluding hydrogens is 216 g/mol. The lowest BCUT2D eigenvalue weighted by Crippen LogP contribution is -2.24. The second kappa shape index (κ2) is 7.67. The molecule has 0 N–H and O–H groups in total. The maximum atomic E-state index is 10.9. The predicted molar refractivity (Wildman–Crippen MR) is 53.4 cm³/mol. The number of methoxy groups -OCH3 is 1. The number of hydrogen-bond donors (Lipinski definition) is 0. The van der Waals surface area contributed by atoms with Crippen molar-refractivity contribution in [2.45, 2.75) is 32.8 Å². The molecule has 0 aromatic heterocycles. The fraction of sp³-hybridized carbons (Fsp3) is 0.700. The molecule has 0 aliphatic rings. The van der Waals surface area contributed by atoms with Gasteiger partial charge in [-0.3, -0.25) is 14.4 Å². The normalized spacial score (nSPS) is 11.4. The lowest BCUT2D eigenvalue weighted by molar-refractivity contribution is -0.157. The van der Waals surface area contributed by atoms with E-state index in [2.05, 4.69) is 4.74 Å². The molecule has 0 spiro atoms. The minimum absolute atomic E-state index is 0.0497. The maximum absolute atomic E-state index is 10.9. The van der Waals surface area contributed by atoms with E-state index in [4.69, 9.17) is 9.47 Å². The third kappa shape index (κ3) is 7.78. The summed E-state index contributed by atoms with van der Waals surface area (Å²) in [4.78, 5) is 32.2. The minimum atomic E-state index is -0.611. The van der Waals surface area contributed by atoms with Gasteiger partial charge >= 0.3 is 17.9 Å². The van der Waals surface area contributed by atoms with Gasteiger partial charge in [0.05, 0.1) is 7.11 Å². The quantitative estimate of drug-likeness (QED) is 0.488. The molecule has 6 heteroatoms. The summed E-state index contributed by atoms with van der Waals surface area (Å²) in [5, 5.41) is 0. The zero-order valence-corrected chi connectivity index (χ0v) is 9.65. The Hall–Kier alpha value is -1.59. The van der Waals surface area contributed by atoms with E-state index in [-0.39, 0.29) is 19.4 Å². The summed E-state index contributed by atoms with van der Waals surface area (Å²) in [6.45, 7) is 2.45. The number of esters is 3. The number of carbonyl (C=O) groups excluding carboxylic acids is 3. The molecule has 0 heterocycles. The fourth-order valence-electron chi connectivity index (χ4n) is 1.00.